The molecular weight excluding hydrogens is 248 g/mol. The molecule has 20 heavy (non-hydrogen) atoms. The highest BCUT2D eigenvalue weighted by molar-refractivity contribution is 5.41. The topological polar surface area (TPSA) is 42.7 Å². The molecule has 1 atom stereocenters. The highest BCUT2D eigenvalue weighted by Gasteiger charge is 2.25. The smallest absolute Gasteiger partial charge is 0.124 e. The molecule has 1 N–H and O–H groups in total. The van der Waals surface area contributed by atoms with Crippen molar-refractivity contribution in [2.24, 2.45) is 0 Å². The maximum atomic E-state index is 4.85. The summed E-state index contributed by atoms with van der Waals surface area (Å²) in [6, 6.07) is 6.48. The molecule has 2 aliphatic rings. The van der Waals surface area contributed by atoms with Gasteiger partial charge in [-0.3, -0.25) is 4.98 Å². The maximum absolute atomic E-state index is 4.85. The van der Waals surface area contributed by atoms with Crippen LogP contribution in [0.3, 0.4) is 0 Å². The zero-order valence-electron chi connectivity index (χ0n) is 11.6. The van der Waals surface area contributed by atoms with Gasteiger partial charge in [-0.15, -0.1) is 0 Å². The second-order valence-corrected chi connectivity index (χ2v) is 5.98. The monoisotopic (exact) mass is 268 g/mol. The van der Waals surface area contributed by atoms with Gasteiger partial charge in [0.05, 0.1) is 12.2 Å². The molecule has 3 heterocycles. The number of pyridine rings is 1. The lowest BCUT2D eigenvalue weighted by Gasteiger charge is -2.25. The number of fused-ring (bicyclic) bond motifs is 1. The van der Waals surface area contributed by atoms with E-state index in [2.05, 4.69) is 33.2 Å². The minimum absolute atomic E-state index is 0.488. The predicted molar refractivity (Wildman–Crippen MR) is 78.9 cm³/mol. The molecule has 104 valence electrons. The Morgan fingerprint density at radius 2 is 1.90 bits per heavy atom. The predicted octanol–water partition coefficient (Wildman–Crippen LogP) is 3.15. The van der Waals surface area contributed by atoms with E-state index < -0.39 is 0 Å². The Kier molecular flexibility index (Phi) is 2.94. The molecule has 1 saturated carbocycles. The van der Waals surface area contributed by atoms with Crippen LogP contribution in [-0.2, 0) is 6.54 Å². The number of nitrogens with one attached hydrogen (secondary N) is 1. The first-order valence-electron chi connectivity index (χ1n) is 7.62. The van der Waals surface area contributed by atoms with E-state index in [4.69, 9.17) is 5.10 Å². The Morgan fingerprint density at radius 1 is 1.10 bits per heavy atom. The van der Waals surface area contributed by atoms with Gasteiger partial charge in [0.1, 0.15) is 5.82 Å². The molecule has 1 unspecified atom stereocenters. The largest absolute Gasteiger partial charge is 0.370 e. The van der Waals surface area contributed by atoms with Crippen LogP contribution in [-0.4, -0.2) is 21.3 Å². The molecule has 2 aromatic heterocycles. The lowest BCUT2D eigenvalue weighted by atomic mass is 9.99. The van der Waals surface area contributed by atoms with E-state index in [9.17, 15) is 0 Å². The van der Waals surface area contributed by atoms with Gasteiger partial charge in [-0.1, -0.05) is 12.8 Å². The zero-order valence-corrected chi connectivity index (χ0v) is 11.6. The van der Waals surface area contributed by atoms with Crippen LogP contribution in [0.1, 0.15) is 48.8 Å². The summed E-state index contributed by atoms with van der Waals surface area (Å²) in [5.41, 5.74) is 2.64. The first kappa shape index (κ1) is 11.9. The minimum atomic E-state index is 0.488. The summed E-state index contributed by atoms with van der Waals surface area (Å²) in [4.78, 5) is 4.10. The summed E-state index contributed by atoms with van der Waals surface area (Å²) in [5.74, 6) is 2.37. The van der Waals surface area contributed by atoms with Crippen LogP contribution in [0.15, 0.2) is 30.6 Å². The summed E-state index contributed by atoms with van der Waals surface area (Å²) in [6.07, 6.45) is 9.09. The van der Waals surface area contributed by atoms with Crippen molar-refractivity contribution in [3.05, 3.63) is 41.9 Å². The van der Waals surface area contributed by atoms with E-state index in [1.54, 1.807) is 0 Å². The fourth-order valence-electron chi connectivity index (χ4n) is 3.50. The summed E-state index contributed by atoms with van der Waals surface area (Å²) < 4.78 is 2.16. The molecule has 1 aliphatic carbocycles. The fraction of sp³-hybridized carbons (Fsp3) is 0.500. The molecule has 2 aromatic rings. The van der Waals surface area contributed by atoms with Crippen LogP contribution in [0.4, 0.5) is 5.82 Å². The Balaban J connectivity index is 1.57. The molecule has 0 radical (unpaired) electrons. The molecule has 0 spiro atoms. The van der Waals surface area contributed by atoms with Gasteiger partial charge in [0.15, 0.2) is 0 Å². The van der Waals surface area contributed by atoms with Crippen LogP contribution in [0, 0.1) is 0 Å². The van der Waals surface area contributed by atoms with Gasteiger partial charge in [-0.05, 0) is 30.5 Å². The van der Waals surface area contributed by atoms with Crippen LogP contribution in [0.25, 0.3) is 0 Å². The lowest BCUT2D eigenvalue weighted by molar-refractivity contribution is 0.496. The highest BCUT2D eigenvalue weighted by Crippen LogP contribution is 2.35. The summed E-state index contributed by atoms with van der Waals surface area (Å²) >= 11 is 0. The first-order valence-corrected chi connectivity index (χ1v) is 7.62. The van der Waals surface area contributed by atoms with Crippen molar-refractivity contribution < 1.29 is 0 Å². The second kappa shape index (κ2) is 4.93. The van der Waals surface area contributed by atoms with Crippen molar-refractivity contribution in [1.29, 1.82) is 0 Å². The number of rotatable bonds is 2. The van der Waals surface area contributed by atoms with E-state index in [1.807, 2.05) is 12.4 Å². The Bertz CT molecular complexity index is 584. The SMILES string of the molecule is c1cc(C2CNc3cc(C4CCCC4)nn3C2)ccn1. The molecule has 0 saturated heterocycles. The van der Waals surface area contributed by atoms with Crippen molar-refractivity contribution in [2.45, 2.75) is 44.1 Å². The number of aromatic nitrogens is 3. The molecule has 1 aliphatic heterocycles. The summed E-state index contributed by atoms with van der Waals surface area (Å²) in [5, 5.41) is 8.38. The molecule has 1 fully saturated rings. The zero-order chi connectivity index (χ0) is 13.4. The number of nitrogens with zero attached hydrogens (tertiary/aromatic N) is 3. The maximum Gasteiger partial charge on any atom is 0.124 e. The quantitative estimate of drug-likeness (QED) is 0.910. The van der Waals surface area contributed by atoms with E-state index >= 15 is 0 Å². The summed E-state index contributed by atoms with van der Waals surface area (Å²) in [7, 11) is 0. The third-order valence-electron chi connectivity index (χ3n) is 4.67. The van der Waals surface area contributed by atoms with Crippen LogP contribution < -0.4 is 5.32 Å². The third kappa shape index (κ3) is 2.09. The van der Waals surface area contributed by atoms with E-state index in [-0.39, 0.29) is 0 Å². The molecule has 4 rings (SSSR count). The van der Waals surface area contributed by atoms with Crippen LogP contribution in [0.2, 0.25) is 0 Å². The molecular formula is C16H20N4. The fourth-order valence-corrected chi connectivity index (χ4v) is 3.50. The van der Waals surface area contributed by atoms with Crippen molar-refractivity contribution >= 4 is 5.82 Å². The van der Waals surface area contributed by atoms with E-state index in [1.165, 1.54) is 42.8 Å². The van der Waals surface area contributed by atoms with Gasteiger partial charge in [0.2, 0.25) is 0 Å². The van der Waals surface area contributed by atoms with Crippen molar-refractivity contribution in [1.82, 2.24) is 14.8 Å². The van der Waals surface area contributed by atoms with Crippen LogP contribution in [0.5, 0.6) is 0 Å². The Hall–Kier alpha value is -1.84. The normalized spacial score (nSPS) is 22.5. The standard InChI is InChI=1S/C16H20N4/c1-2-4-13(3-1)15-9-16-18-10-14(11-20(16)19-15)12-5-7-17-8-6-12/h5-9,13-14,18H,1-4,10-11H2. The van der Waals surface area contributed by atoms with Gasteiger partial charge in [-0.25, -0.2) is 4.68 Å². The second-order valence-electron chi connectivity index (χ2n) is 5.98. The molecule has 4 heteroatoms. The third-order valence-corrected chi connectivity index (χ3v) is 4.67. The van der Waals surface area contributed by atoms with Crippen molar-refractivity contribution in [2.75, 3.05) is 11.9 Å². The summed E-state index contributed by atoms with van der Waals surface area (Å²) in [6.45, 7) is 1.96. The highest BCUT2D eigenvalue weighted by atomic mass is 15.3. The lowest BCUT2D eigenvalue weighted by Crippen LogP contribution is -2.26. The molecule has 4 nitrogen and oxygen atoms in total. The molecule has 0 aromatic carbocycles. The number of anilines is 1. The molecule has 0 amide bonds. The van der Waals surface area contributed by atoms with Crippen LogP contribution >= 0.6 is 0 Å². The van der Waals surface area contributed by atoms with Gasteiger partial charge in [0, 0.05) is 36.8 Å². The van der Waals surface area contributed by atoms with Gasteiger partial charge >= 0.3 is 0 Å². The Labute approximate surface area is 119 Å². The first-order chi connectivity index (χ1) is 9.90. The number of hydrogen-bond acceptors (Lipinski definition) is 3. The van der Waals surface area contributed by atoms with Crippen molar-refractivity contribution in [3.8, 4) is 0 Å². The number of hydrogen-bond donors (Lipinski definition) is 1. The Morgan fingerprint density at radius 3 is 2.70 bits per heavy atom. The average Bonchev–Trinajstić information content (AvgIpc) is 3.16. The molecule has 0 bridgehead atoms. The van der Waals surface area contributed by atoms with Gasteiger partial charge in [0.25, 0.3) is 0 Å². The van der Waals surface area contributed by atoms with E-state index in [0.29, 0.717) is 11.8 Å². The van der Waals surface area contributed by atoms with E-state index in [0.717, 1.165) is 13.1 Å². The van der Waals surface area contributed by atoms with Crippen molar-refractivity contribution in [3.63, 3.8) is 0 Å². The average molecular weight is 268 g/mol. The minimum Gasteiger partial charge on any atom is -0.370 e. The van der Waals surface area contributed by atoms with Gasteiger partial charge < -0.3 is 5.32 Å². The van der Waals surface area contributed by atoms with Gasteiger partial charge in [-0.2, -0.15) is 5.10 Å².